The van der Waals surface area contributed by atoms with Gasteiger partial charge in [-0.25, -0.2) is 4.79 Å². The first kappa shape index (κ1) is 21.1. The molecule has 0 heterocycles. The third kappa shape index (κ3) is 5.47. The Morgan fingerprint density at radius 1 is 1.04 bits per heavy atom. The van der Waals surface area contributed by atoms with Gasteiger partial charge in [-0.15, -0.1) is 0 Å². The van der Waals surface area contributed by atoms with Crippen molar-refractivity contribution in [2.45, 2.75) is 83.7 Å². The van der Waals surface area contributed by atoms with Gasteiger partial charge < -0.3 is 9.84 Å². The Bertz CT molecular complexity index is 664. The predicted octanol–water partition coefficient (Wildman–Crippen LogP) is 5.69. The summed E-state index contributed by atoms with van der Waals surface area (Å²) >= 11 is 0. The predicted molar refractivity (Wildman–Crippen MR) is 113 cm³/mol. The van der Waals surface area contributed by atoms with E-state index in [1.165, 1.54) is 63.4 Å². The Balaban J connectivity index is 1.58. The fourth-order valence-corrected chi connectivity index (χ4v) is 5.19. The number of ether oxygens (including phenoxy) is 1. The van der Waals surface area contributed by atoms with Crippen LogP contribution < -0.4 is 0 Å². The number of aliphatic hydroxyl groups excluding tert-OH is 1. The van der Waals surface area contributed by atoms with Crippen LogP contribution in [-0.2, 0) is 22.6 Å². The molecule has 0 atom stereocenters. The Labute approximate surface area is 170 Å². The molecule has 154 valence electrons. The normalized spacial score (nSPS) is 23.4. The molecular weight excluding hydrogens is 348 g/mol. The zero-order valence-electron chi connectivity index (χ0n) is 17.4. The highest BCUT2D eigenvalue weighted by Gasteiger charge is 2.29. The number of hydrogen-bond donors (Lipinski definition) is 1. The van der Waals surface area contributed by atoms with Crippen LogP contribution in [0.2, 0.25) is 0 Å². The van der Waals surface area contributed by atoms with E-state index in [2.05, 4.69) is 24.8 Å². The average Bonchev–Trinajstić information content (AvgIpc) is 2.74. The number of aliphatic hydroxyl groups is 1. The van der Waals surface area contributed by atoms with E-state index in [1.807, 2.05) is 0 Å². The van der Waals surface area contributed by atoms with Gasteiger partial charge in [-0.2, -0.15) is 0 Å². The van der Waals surface area contributed by atoms with Gasteiger partial charge in [-0.05, 0) is 67.1 Å². The van der Waals surface area contributed by atoms with Gasteiger partial charge in [0.25, 0.3) is 0 Å². The monoisotopic (exact) mass is 384 g/mol. The minimum absolute atomic E-state index is 0.0263. The smallest absolute Gasteiger partial charge is 0.333 e. The molecule has 2 saturated carbocycles. The van der Waals surface area contributed by atoms with Gasteiger partial charge in [-0.1, -0.05) is 56.9 Å². The Morgan fingerprint density at radius 3 is 2.36 bits per heavy atom. The van der Waals surface area contributed by atoms with E-state index >= 15 is 0 Å². The Kier molecular flexibility index (Phi) is 7.73. The van der Waals surface area contributed by atoms with Crippen molar-refractivity contribution in [3.63, 3.8) is 0 Å². The molecule has 0 spiro atoms. The molecule has 1 aromatic carbocycles. The molecule has 0 saturated heterocycles. The highest BCUT2D eigenvalue weighted by Crippen LogP contribution is 2.43. The molecule has 2 aliphatic carbocycles. The van der Waals surface area contributed by atoms with E-state index < -0.39 is 0 Å². The van der Waals surface area contributed by atoms with Gasteiger partial charge in [0.1, 0.15) is 0 Å². The van der Waals surface area contributed by atoms with Crippen molar-refractivity contribution in [1.82, 2.24) is 0 Å². The van der Waals surface area contributed by atoms with E-state index in [9.17, 15) is 9.90 Å². The molecule has 2 aliphatic rings. The minimum atomic E-state index is -0.345. The largest absolute Gasteiger partial charge is 0.462 e. The maximum absolute atomic E-state index is 11.6. The maximum Gasteiger partial charge on any atom is 0.333 e. The highest BCUT2D eigenvalue weighted by molar-refractivity contribution is 5.86. The second kappa shape index (κ2) is 10.2. The van der Waals surface area contributed by atoms with Crippen LogP contribution in [0.1, 0.15) is 87.3 Å². The fourth-order valence-electron chi connectivity index (χ4n) is 5.19. The summed E-state index contributed by atoms with van der Waals surface area (Å²) in [4.78, 5) is 11.6. The van der Waals surface area contributed by atoms with E-state index in [0.717, 1.165) is 23.0 Å². The number of esters is 1. The van der Waals surface area contributed by atoms with Crippen molar-refractivity contribution in [1.29, 1.82) is 0 Å². The topological polar surface area (TPSA) is 46.5 Å². The number of carbonyl (C=O) groups is 1. The average molecular weight is 385 g/mol. The molecule has 1 aromatic rings. The van der Waals surface area contributed by atoms with E-state index in [0.29, 0.717) is 24.5 Å². The molecule has 2 fully saturated rings. The quantitative estimate of drug-likeness (QED) is 0.485. The summed E-state index contributed by atoms with van der Waals surface area (Å²) in [5.74, 6) is 2.20. The van der Waals surface area contributed by atoms with Gasteiger partial charge in [0, 0.05) is 12.0 Å². The van der Waals surface area contributed by atoms with Crippen LogP contribution in [0, 0.1) is 11.8 Å². The number of hydrogen-bond acceptors (Lipinski definition) is 3. The van der Waals surface area contributed by atoms with E-state index in [-0.39, 0.29) is 12.6 Å². The van der Waals surface area contributed by atoms with Crippen molar-refractivity contribution in [2.75, 3.05) is 6.61 Å². The molecule has 0 aliphatic heterocycles. The van der Waals surface area contributed by atoms with Crippen molar-refractivity contribution >= 4 is 5.97 Å². The van der Waals surface area contributed by atoms with Crippen LogP contribution in [0.3, 0.4) is 0 Å². The first-order chi connectivity index (χ1) is 13.6. The van der Waals surface area contributed by atoms with Gasteiger partial charge >= 0.3 is 5.97 Å². The van der Waals surface area contributed by atoms with E-state index in [4.69, 9.17) is 4.74 Å². The van der Waals surface area contributed by atoms with Crippen molar-refractivity contribution in [3.05, 3.63) is 47.0 Å². The zero-order valence-corrected chi connectivity index (χ0v) is 17.4. The Morgan fingerprint density at radius 2 is 1.71 bits per heavy atom. The summed E-state index contributed by atoms with van der Waals surface area (Å²) in [6, 6.07) is 6.49. The number of carbonyl (C=O) groups excluding carboxylic acids is 1. The molecule has 0 aromatic heterocycles. The molecule has 1 N–H and O–H groups in total. The second-order valence-corrected chi connectivity index (χ2v) is 8.86. The number of rotatable bonds is 7. The van der Waals surface area contributed by atoms with Crippen LogP contribution >= 0.6 is 0 Å². The lowest BCUT2D eigenvalue weighted by atomic mass is 9.70. The third-order valence-electron chi connectivity index (χ3n) is 6.91. The molecule has 3 heteroatoms. The highest BCUT2D eigenvalue weighted by atomic mass is 16.5. The molecule has 0 amide bonds. The van der Waals surface area contributed by atoms with Gasteiger partial charge in [0.2, 0.25) is 0 Å². The number of benzene rings is 1. The lowest BCUT2D eigenvalue weighted by Gasteiger charge is -2.36. The summed E-state index contributed by atoms with van der Waals surface area (Å²) in [7, 11) is 0. The summed E-state index contributed by atoms with van der Waals surface area (Å²) in [5, 5.41) is 9.67. The standard InChI is InChI=1S/C25H36O3/c1-18(2)25(27)28-15-14-23-16-22(12-13-24(23)17-26)21-10-8-20(9-11-21)19-6-4-3-5-7-19/h12-13,16,19-21,26H,1,3-11,14-15,17H2,2H3. The van der Waals surface area contributed by atoms with Crippen molar-refractivity contribution in [2.24, 2.45) is 11.8 Å². The molecule has 0 radical (unpaired) electrons. The van der Waals surface area contributed by atoms with Crippen LogP contribution in [0.4, 0.5) is 0 Å². The van der Waals surface area contributed by atoms with Crippen LogP contribution in [-0.4, -0.2) is 17.7 Å². The summed E-state index contributed by atoms with van der Waals surface area (Å²) in [6.45, 7) is 5.63. The molecule has 0 unspecified atom stereocenters. The third-order valence-corrected chi connectivity index (χ3v) is 6.91. The summed E-state index contributed by atoms with van der Waals surface area (Å²) in [5.41, 5.74) is 3.85. The minimum Gasteiger partial charge on any atom is -0.462 e. The molecular formula is C25H36O3. The maximum atomic E-state index is 11.6. The van der Waals surface area contributed by atoms with Crippen LogP contribution in [0.15, 0.2) is 30.4 Å². The second-order valence-electron chi connectivity index (χ2n) is 8.86. The Hall–Kier alpha value is -1.61. The van der Waals surface area contributed by atoms with Crippen LogP contribution in [0.25, 0.3) is 0 Å². The van der Waals surface area contributed by atoms with Gasteiger partial charge in [0.15, 0.2) is 0 Å². The van der Waals surface area contributed by atoms with Crippen LogP contribution in [0.5, 0.6) is 0 Å². The first-order valence-electron chi connectivity index (χ1n) is 11.1. The fraction of sp³-hybridized carbons (Fsp3) is 0.640. The van der Waals surface area contributed by atoms with Gasteiger partial charge in [-0.3, -0.25) is 0 Å². The lowest BCUT2D eigenvalue weighted by molar-refractivity contribution is -0.138. The summed E-state index contributed by atoms with van der Waals surface area (Å²) < 4.78 is 5.25. The van der Waals surface area contributed by atoms with E-state index in [1.54, 1.807) is 6.92 Å². The molecule has 3 rings (SSSR count). The summed E-state index contributed by atoms with van der Waals surface area (Å²) in [6.07, 6.45) is 13.1. The lowest BCUT2D eigenvalue weighted by Crippen LogP contribution is -2.23. The van der Waals surface area contributed by atoms with Gasteiger partial charge in [0.05, 0.1) is 13.2 Å². The van der Waals surface area contributed by atoms with Crippen molar-refractivity contribution in [3.8, 4) is 0 Å². The van der Waals surface area contributed by atoms with Crippen molar-refractivity contribution < 1.29 is 14.6 Å². The first-order valence-corrected chi connectivity index (χ1v) is 11.1. The molecule has 0 bridgehead atoms. The zero-order chi connectivity index (χ0) is 19.9. The SMILES string of the molecule is C=C(C)C(=O)OCCc1cc(C2CCC(C3CCCCC3)CC2)ccc1CO. The molecule has 3 nitrogen and oxygen atoms in total. The molecule has 28 heavy (non-hydrogen) atoms.